The lowest BCUT2D eigenvalue weighted by molar-refractivity contribution is 0.238. The number of thiophene rings is 1. The number of likely N-dealkylation sites (tertiary alicyclic amines) is 1. The first-order valence-corrected chi connectivity index (χ1v) is 12.9. The second-order valence-electron chi connectivity index (χ2n) is 9.05. The Morgan fingerprint density at radius 3 is 2.57 bits per heavy atom. The van der Waals surface area contributed by atoms with E-state index in [1.807, 2.05) is 63.4 Å². The van der Waals surface area contributed by atoms with Gasteiger partial charge < -0.3 is 14.6 Å². The van der Waals surface area contributed by atoms with Crippen LogP contribution in [0.2, 0.25) is 0 Å². The Balaban J connectivity index is 1.24. The van der Waals surface area contributed by atoms with Gasteiger partial charge in [0.15, 0.2) is 0 Å². The molecule has 3 aromatic heterocycles. The van der Waals surface area contributed by atoms with Gasteiger partial charge in [0.1, 0.15) is 12.4 Å². The molecule has 0 radical (unpaired) electrons. The maximum absolute atomic E-state index is 5.90. The Morgan fingerprint density at radius 2 is 1.83 bits per heavy atom. The van der Waals surface area contributed by atoms with Gasteiger partial charge in [-0.25, -0.2) is 9.97 Å². The molecule has 1 aliphatic heterocycles. The molecule has 35 heavy (non-hydrogen) atoms. The maximum Gasteiger partial charge on any atom is 0.229 e. The molecule has 1 aliphatic rings. The van der Waals surface area contributed by atoms with Crippen LogP contribution in [0.5, 0.6) is 5.75 Å². The van der Waals surface area contributed by atoms with E-state index in [4.69, 9.17) is 14.2 Å². The third-order valence-electron chi connectivity index (χ3n) is 5.95. The highest BCUT2D eigenvalue weighted by molar-refractivity contribution is 7.18. The summed E-state index contributed by atoms with van der Waals surface area (Å²) in [5.74, 6) is 2.86. The number of ether oxygens (including phenoxy) is 1. The normalized spacial score (nSPS) is 14.1. The van der Waals surface area contributed by atoms with Gasteiger partial charge in [0.2, 0.25) is 17.7 Å². The number of nitrogens with zero attached hydrogens (tertiary/aromatic N) is 5. The number of hydrogen-bond donors (Lipinski definition) is 1. The predicted molar refractivity (Wildman–Crippen MR) is 138 cm³/mol. The Morgan fingerprint density at radius 1 is 1.06 bits per heavy atom. The lowest BCUT2D eigenvalue weighted by Crippen LogP contribution is -2.25. The van der Waals surface area contributed by atoms with Gasteiger partial charge in [0, 0.05) is 24.3 Å². The van der Waals surface area contributed by atoms with Crippen molar-refractivity contribution in [2.24, 2.45) is 0 Å². The van der Waals surface area contributed by atoms with Gasteiger partial charge in [-0.2, -0.15) is 4.98 Å². The van der Waals surface area contributed by atoms with Crippen LogP contribution in [0.15, 0.2) is 47.1 Å². The number of nitrogens with one attached hydrogen (secondary N) is 1. The van der Waals surface area contributed by atoms with Crippen molar-refractivity contribution in [3.63, 3.8) is 0 Å². The van der Waals surface area contributed by atoms with Crippen LogP contribution in [0.3, 0.4) is 0 Å². The molecule has 4 heterocycles. The van der Waals surface area contributed by atoms with Crippen LogP contribution in [0.4, 0.5) is 11.6 Å². The zero-order chi connectivity index (χ0) is 24.2. The van der Waals surface area contributed by atoms with Crippen molar-refractivity contribution >= 4 is 23.0 Å². The zero-order valence-electron chi connectivity index (χ0n) is 20.3. The van der Waals surface area contributed by atoms with Crippen molar-refractivity contribution in [3.8, 4) is 27.0 Å². The highest BCUT2D eigenvalue weighted by Crippen LogP contribution is 2.34. The van der Waals surface area contributed by atoms with Crippen LogP contribution in [0, 0.1) is 6.92 Å². The lowest BCUT2D eigenvalue weighted by Gasteiger charge is -2.15. The summed E-state index contributed by atoms with van der Waals surface area (Å²) < 4.78 is 11.3. The summed E-state index contributed by atoms with van der Waals surface area (Å²) in [6.07, 6.45) is 4.44. The minimum Gasteiger partial charge on any atom is -0.492 e. The summed E-state index contributed by atoms with van der Waals surface area (Å²) in [5, 5.41) is 7.43. The van der Waals surface area contributed by atoms with Crippen molar-refractivity contribution in [3.05, 3.63) is 54.0 Å². The van der Waals surface area contributed by atoms with Gasteiger partial charge in [0.05, 0.1) is 15.4 Å². The van der Waals surface area contributed by atoms with E-state index in [9.17, 15) is 0 Å². The predicted octanol–water partition coefficient (Wildman–Crippen LogP) is 5.91. The van der Waals surface area contributed by atoms with E-state index in [-0.39, 0.29) is 5.92 Å². The fourth-order valence-electron chi connectivity index (χ4n) is 3.97. The number of aromatic nitrogens is 4. The second-order valence-corrected chi connectivity index (χ2v) is 10.1. The molecule has 0 bridgehead atoms. The van der Waals surface area contributed by atoms with Crippen molar-refractivity contribution in [1.82, 2.24) is 25.0 Å². The first kappa shape index (κ1) is 23.4. The molecule has 1 N–H and O–H groups in total. The summed E-state index contributed by atoms with van der Waals surface area (Å²) in [6.45, 7) is 10.1. The standard InChI is InChI=1S/C26H30N6O2S/c1-17(2)25-30-24(31-34-25)22-11-10-21(35-22)23-18(3)16-27-26(29-23)28-19-6-8-20(9-7-19)33-15-14-32-12-4-5-13-32/h6-11,16-17H,4-5,12-15H2,1-3H3,(H,27,28,29). The highest BCUT2D eigenvalue weighted by atomic mass is 32.1. The highest BCUT2D eigenvalue weighted by Gasteiger charge is 2.16. The maximum atomic E-state index is 5.90. The molecule has 1 saturated heterocycles. The first-order chi connectivity index (χ1) is 17.0. The second kappa shape index (κ2) is 10.5. The van der Waals surface area contributed by atoms with Crippen LogP contribution in [-0.4, -0.2) is 51.2 Å². The smallest absolute Gasteiger partial charge is 0.229 e. The summed E-state index contributed by atoms with van der Waals surface area (Å²) in [6, 6.07) is 12.0. The van der Waals surface area contributed by atoms with Crippen molar-refractivity contribution in [2.75, 3.05) is 31.6 Å². The largest absolute Gasteiger partial charge is 0.492 e. The monoisotopic (exact) mass is 490 g/mol. The molecule has 0 saturated carbocycles. The molecule has 0 spiro atoms. The molecule has 0 amide bonds. The summed E-state index contributed by atoms with van der Waals surface area (Å²) in [7, 11) is 0. The van der Waals surface area contributed by atoms with E-state index in [2.05, 4.69) is 25.3 Å². The third kappa shape index (κ3) is 5.68. The molecule has 5 rings (SSSR count). The fraction of sp³-hybridized carbons (Fsp3) is 0.385. The molecule has 9 heteroatoms. The number of rotatable bonds is 9. The van der Waals surface area contributed by atoms with E-state index in [1.165, 1.54) is 25.9 Å². The fourth-order valence-corrected chi connectivity index (χ4v) is 4.96. The topological polar surface area (TPSA) is 89.2 Å². The van der Waals surface area contributed by atoms with Crippen LogP contribution in [0.25, 0.3) is 21.3 Å². The van der Waals surface area contributed by atoms with E-state index in [0.29, 0.717) is 24.3 Å². The minimum absolute atomic E-state index is 0.198. The number of benzene rings is 1. The number of aryl methyl sites for hydroxylation is 1. The number of hydrogen-bond acceptors (Lipinski definition) is 9. The van der Waals surface area contributed by atoms with Gasteiger partial charge in [0.25, 0.3) is 0 Å². The van der Waals surface area contributed by atoms with E-state index in [0.717, 1.165) is 39.0 Å². The Labute approximate surface area is 209 Å². The van der Waals surface area contributed by atoms with Crippen LogP contribution >= 0.6 is 11.3 Å². The molecule has 0 aliphatic carbocycles. The first-order valence-electron chi connectivity index (χ1n) is 12.1. The molecule has 0 atom stereocenters. The SMILES string of the molecule is Cc1cnc(Nc2ccc(OCCN3CCCC3)cc2)nc1-c1ccc(-c2noc(C(C)C)n2)s1. The van der Waals surface area contributed by atoms with Gasteiger partial charge in [-0.3, -0.25) is 4.90 Å². The van der Waals surface area contributed by atoms with Gasteiger partial charge >= 0.3 is 0 Å². The molecule has 4 aromatic rings. The van der Waals surface area contributed by atoms with Crippen molar-refractivity contribution in [1.29, 1.82) is 0 Å². The summed E-state index contributed by atoms with van der Waals surface area (Å²) in [5.41, 5.74) is 2.79. The average Bonchev–Trinajstić information content (AvgIpc) is 3.63. The Hall–Kier alpha value is -3.30. The number of anilines is 2. The lowest BCUT2D eigenvalue weighted by atomic mass is 10.2. The van der Waals surface area contributed by atoms with Gasteiger partial charge in [-0.05, 0) is 74.8 Å². The van der Waals surface area contributed by atoms with Crippen molar-refractivity contribution < 1.29 is 9.26 Å². The molecule has 1 fully saturated rings. The van der Waals surface area contributed by atoms with Gasteiger partial charge in [-0.15, -0.1) is 11.3 Å². The zero-order valence-corrected chi connectivity index (χ0v) is 21.1. The molecule has 1 aromatic carbocycles. The summed E-state index contributed by atoms with van der Waals surface area (Å²) >= 11 is 1.59. The van der Waals surface area contributed by atoms with Crippen molar-refractivity contribution in [2.45, 2.75) is 39.5 Å². The van der Waals surface area contributed by atoms with Crippen LogP contribution in [-0.2, 0) is 0 Å². The van der Waals surface area contributed by atoms with Gasteiger partial charge in [-0.1, -0.05) is 19.0 Å². The minimum atomic E-state index is 0.198. The molecule has 182 valence electrons. The molecular formula is C26H30N6O2S. The molecule has 8 nitrogen and oxygen atoms in total. The molecular weight excluding hydrogens is 460 g/mol. The Bertz CT molecular complexity index is 1260. The van der Waals surface area contributed by atoms with Crippen LogP contribution < -0.4 is 10.1 Å². The van der Waals surface area contributed by atoms with E-state index in [1.54, 1.807) is 11.3 Å². The summed E-state index contributed by atoms with van der Waals surface area (Å²) in [4.78, 5) is 18.2. The molecule has 0 unspecified atom stereocenters. The third-order valence-corrected chi connectivity index (χ3v) is 7.04. The van der Waals surface area contributed by atoms with E-state index >= 15 is 0 Å². The average molecular weight is 491 g/mol. The Kier molecular flexibility index (Phi) is 7.06. The quantitative estimate of drug-likeness (QED) is 0.310. The van der Waals surface area contributed by atoms with E-state index < -0.39 is 0 Å². The van der Waals surface area contributed by atoms with Crippen LogP contribution in [0.1, 0.15) is 44.1 Å².